The first-order valence-corrected chi connectivity index (χ1v) is 7.41. The third kappa shape index (κ3) is 2.60. The number of hydrogen-bond donors (Lipinski definition) is 1. The Morgan fingerprint density at radius 2 is 2.20 bits per heavy atom. The molecule has 6 heteroatoms. The quantitative estimate of drug-likeness (QED) is 0.905. The molecule has 0 aliphatic carbocycles. The number of piperidine rings is 1. The number of hydrogen-bond acceptors (Lipinski definition) is 4. The summed E-state index contributed by atoms with van der Waals surface area (Å²) in [7, 11) is 0. The van der Waals surface area contributed by atoms with E-state index in [2.05, 4.69) is 14.8 Å². The van der Waals surface area contributed by atoms with Crippen molar-refractivity contribution in [1.29, 1.82) is 0 Å². The predicted molar refractivity (Wildman–Crippen MR) is 77.6 cm³/mol. The zero-order chi connectivity index (χ0) is 14.1. The number of nitrogens with zero attached hydrogens (tertiary/aromatic N) is 3. The number of carboxylic acids is 1. The van der Waals surface area contributed by atoms with Gasteiger partial charge in [0.1, 0.15) is 5.82 Å². The monoisotopic (exact) mass is 295 g/mol. The van der Waals surface area contributed by atoms with Crippen LogP contribution in [0.1, 0.15) is 29.6 Å². The molecule has 2 aliphatic rings. The van der Waals surface area contributed by atoms with Crippen LogP contribution in [0.4, 0.5) is 5.82 Å². The molecule has 3 rings (SSSR count). The van der Waals surface area contributed by atoms with Gasteiger partial charge in [0.2, 0.25) is 0 Å². The van der Waals surface area contributed by atoms with Gasteiger partial charge in [0, 0.05) is 31.9 Å². The fourth-order valence-electron chi connectivity index (χ4n) is 3.13. The summed E-state index contributed by atoms with van der Waals surface area (Å²) in [6, 6.07) is 2.16. The maximum absolute atomic E-state index is 11.1. The Morgan fingerprint density at radius 1 is 1.35 bits per heavy atom. The molecule has 0 aromatic carbocycles. The van der Waals surface area contributed by atoms with Crippen molar-refractivity contribution >= 4 is 23.4 Å². The van der Waals surface area contributed by atoms with Gasteiger partial charge in [-0.15, -0.1) is 0 Å². The van der Waals surface area contributed by atoms with Crippen molar-refractivity contribution in [2.24, 2.45) is 0 Å². The Morgan fingerprint density at radius 3 is 3.00 bits per heavy atom. The van der Waals surface area contributed by atoms with Gasteiger partial charge in [0.25, 0.3) is 0 Å². The number of anilines is 1. The summed E-state index contributed by atoms with van der Waals surface area (Å²) in [6.07, 6.45) is 5.23. The molecule has 1 N–H and O–H groups in total. The van der Waals surface area contributed by atoms with Gasteiger partial charge in [-0.2, -0.15) is 0 Å². The number of pyridine rings is 1. The van der Waals surface area contributed by atoms with Crippen LogP contribution in [-0.2, 0) is 0 Å². The molecule has 3 heterocycles. The zero-order valence-electron chi connectivity index (χ0n) is 11.3. The SMILES string of the molecule is O=C(O)c1cc(N2CCN3CCCCC3C2)ncc1Cl. The van der Waals surface area contributed by atoms with Crippen LogP contribution in [0.2, 0.25) is 5.02 Å². The Hall–Kier alpha value is -1.33. The fourth-order valence-corrected chi connectivity index (χ4v) is 3.31. The van der Waals surface area contributed by atoms with Crippen LogP contribution >= 0.6 is 11.6 Å². The molecule has 0 saturated carbocycles. The van der Waals surface area contributed by atoms with Gasteiger partial charge in [-0.05, 0) is 25.5 Å². The Labute approximate surface area is 123 Å². The van der Waals surface area contributed by atoms with Crippen molar-refractivity contribution in [3.05, 3.63) is 22.8 Å². The highest BCUT2D eigenvalue weighted by Gasteiger charge is 2.29. The van der Waals surface area contributed by atoms with E-state index in [0.29, 0.717) is 6.04 Å². The van der Waals surface area contributed by atoms with Crippen LogP contribution in [0.25, 0.3) is 0 Å². The number of aromatic nitrogens is 1. The van der Waals surface area contributed by atoms with Gasteiger partial charge >= 0.3 is 5.97 Å². The molecule has 1 aromatic rings. The highest BCUT2D eigenvalue weighted by atomic mass is 35.5. The third-order valence-corrected chi connectivity index (χ3v) is 4.53. The molecule has 2 aliphatic heterocycles. The Kier molecular flexibility index (Phi) is 3.81. The van der Waals surface area contributed by atoms with Crippen molar-refractivity contribution < 1.29 is 9.90 Å². The molecule has 0 spiro atoms. The molecule has 2 fully saturated rings. The first-order chi connectivity index (χ1) is 9.65. The molecule has 0 radical (unpaired) electrons. The number of aromatic carboxylic acids is 1. The number of fused-ring (bicyclic) bond motifs is 1. The highest BCUT2D eigenvalue weighted by Crippen LogP contribution is 2.26. The average molecular weight is 296 g/mol. The zero-order valence-corrected chi connectivity index (χ0v) is 12.0. The van der Waals surface area contributed by atoms with E-state index in [0.717, 1.165) is 25.5 Å². The van der Waals surface area contributed by atoms with E-state index in [1.165, 1.54) is 32.0 Å². The van der Waals surface area contributed by atoms with Crippen molar-refractivity contribution in [3.63, 3.8) is 0 Å². The second-order valence-electron chi connectivity index (χ2n) is 5.46. The summed E-state index contributed by atoms with van der Waals surface area (Å²) in [5, 5.41) is 9.33. The molecule has 1 aromatic heterocycles. The van der Waals surface area contributed by atoms with E-state index in [1.807, 2.05) is 0 Å². The number of carbonyl (C=O) groups is 1. The van der Waals surface area contributed by atoms with Crippen molar-refractivity contribution in [3.8, 4) is 0 Å². The minimum Gasteiger partial charge on any atom is -0.478 e. The molecule has 1 unspecified atom stereocenters. The van der Waals surface area contributed by atoms with Crippen LogP contribution in [0.3, 0.4) is 0 Å². The smallest absolute Gasteiger partial charge is 0.337 e. The lowest BCUT2D eigenvalue weighted by Gasteiger charge is -2.44. The van der Waals surface area contributed by atoms with E-state index in [4.69, 9.17) is 16.7 Å². The first kappa shape index (κ1) is 13.6. The van der Waals surface area contributed by atoms with Gasteiger partial charge < -0.3 is 10.0 Å². The maximum atomic E-state index is 11.1. The summed E-state index contributed by atoms with van der Waals surface area (Å²) < 4.78 is 0. The van der Waals surface area contributed by atoms with Gasteiger partial charge in [-0.1, -0.05) is 18.0 Å². The molecular weight excluding hydrogens is 278 g/mol. The number of halogens is 1. The molecule has 108 valence electrons. The largest absolute Gasteiger partial charge is 0.478 e. The normalized spacial score (nSPS) is 23.4. The second kappa shape index (κ2) is 5.58. The standard InChI is InChI=1S/C14H18ClN3O2/c15-12-8-16-13(7-11(12)14(19)20)18-6-5-17-4-2-1-3-10(17)9-18/h7-8,10H,1-6,9H2,(H,19,20). The molecule has 0 bridgehead atoms. The second-order valence-corrected chi connectivity index (χ2v) is 5.87. The lowest BCUT2D eigenvalue weighted by Crippen LogP contribution is -2.55. The lowest BCUT2D eigenvalue weighted by molar-refractivity contribution is 0.0697. The van der Waals surface area contributed by atoms with Crippen molar-refractivity contribution in [1.82, 2.24) is 9.88 Å². The topological polar surface area (TPSA) is 56.7 Å². The molecule has 5 nitrogen and oxygen atoms in total. The molecule has 20 heavy (non-hydrogen) atoms. The van der Waals surface area contributed by atoms with Crippen LogP contribution in [0.5, 0.6) is 0 Å². The number of rotatable bonds is 2. The fraction of sp³-hybridized carbons (Fsp3) is 0.571. The predicted octanol–water partition coefficient (Wildman–Crippen LogP) is 2.11. The van der Waals surface area contributed by atoms with Gasteiger partial charge in [0.15, 0.2) is 0 Å². The van der Waals surface area contributed by atoms with Crippen LogP contribution < -0.4 is 4.90 Å². The molecule has 2 saturated heterocycles. The van der Waals surface area contributed by atoms with Gasteiger partial charge in [-0.25, -0.2) is 9.78 Å². The minimum atomic E-state index is -1.00. The Bertz CT molecular complexity index is 523. The van der Waals surface area contributed by atoms with Crippen LogP contribution in [0.15, 0.2) is 12.3 Å². The van der Waals surface area contributed by atoms with Gasteiger partial charge in [-0.3, -0.25) is 4.90 Å². The minimum absolute atomic E-state index is 0.128. The van der Waals surface area contributed by atoms with Crippen LogP contribution in [0, 0.1) is 0 Å². The Balaban J connectivity index is 1.79. The molecule has 0 amide bonds. The average Bonchev–Trinajstić information content (AvgIpc) is 2.47. The number of piperazine rings is 1. The lowest BCUT2D eigenvalue weighted by atomic mass is 9.99. The van der Waals surface area contributed by atoms with Crippen LogP contribution in [-0.4, -0.2) is 53.2 Å². The summed E-state index contributed by atoms with van der Waals surface area (Å²) in [5.74, 6) is -0.285. The highest BCUT2D eigenvalue weighted by molar-refractivity contribution is 6.33. The van der Waals surface area contributed by atoms with E-state index < -0.39 is 5.97 Å². The molecule has 1 atom stereocenters. The maximum Gasteiger partial charge on any atom is 0.337 e. The van der Waals surface area contributed by atoms with Crippen molar-refractivity contribution in [2.75, 3.05) is 31.1 Å². The van der Waals surface area contributed by atoms with Gasteiger partial charge in [0.05, 0.1) is 10.6 Å². The van der Waals surface area contributed by atoms with Crippen molar-refractivity contribution in [2.45, 2.75) is 25.3 Å². The third-order valence-electron chi connectivity index (χ3n) is 4.23. The van der Waals surface area contributed by atoms with E-state index in [-0.39, 0.29) is 10.6 Å². The first-order valence-electron chi connectivity index (χ1n) is 7.03. The summed E-state index contributed by atoms with van der Waals surface area (Å²) in [5.41, 5.74) is 0.128. The molecular formula is C14H18ClN3O2. The van der Waals surface area contributed by atoms with E-state index in [1.54, 1.807) is 6.07 Å². The van der Waals surface area contributed by atoms with E-state index in [9.17, 15) is 4.79 Å². The summed E-state index contributed by atoms with van der Waals surface area (Å²) in [6.45, 7) is 4.03. The number of carboxylic acid groups (broad SMARTS) is 1. The van der Waals surface area contributed by atoms with E-state index >= 15 is 0 Å². The summed E-state index contributed by atoms with van der Waals surface area (Å²) in [4.78, 5) is 20.2. The summed E-state index contributed by atoms with van der Waals surface area (Å²) >= 11 is 5.87.